The van der Waals surface area contributed by atoms with Gasteiger partial charge in [0.15, 0.2) is 0 Å². The number of hydrogen-bond donors (Lipinski definition) is 2. The quantitative estimate of drug-likeness (QED) is 0.350. The summed E-state index contributed by atoms with van der Waals surface area (Å²) < 4.78 is 0. The van der Waals surface area contributed by atoms with Crippen LogP contribution < -0.4 is 11.1 Å². The molecule has 0 radical (unpaired) electrons. The lowest BCUT2D eigenvalue weighted by molar-refractivity contribution is 0.532. The summed E-state index contributed by atoms with van der Waals surface area (Å²) >= 11 is 0. The molecule has 0 fully saturated rings. The van der Waals surface area contributed by atoms with Crippen molar-refractivity contribution in [1.29, 1.82) is 0 Å². The first kappa shape index (κ1) is 23.5. The molecule has 3 N–H and O–H groups in total. The van der Waals surface area contributed by atoms with E-state index < -0.39 is 0 Å². The number of hydrogen-bond acceptors (Lipinski definition) is 2. The third-order valence-electron chi connectivity index (χ3n) is 4.01. The number of nitrogens with two attached hydrogens (primary N) is 1. The second-order valence-corrected chi connectivity index (χ2v) is 6.13. The molecule has 0 aliphatic carbocycles. The van der Waals surface area contributed by atoms with Crippen LogP contribution in [0.15, 0.2) is 0 Å². The minimum atomic E-state index is 0. The Morgan fingerprint density at radius 3 is 1.38 bits per heavy atom. The molecule has 0 aliphatic heterocycles. The van der Waals surface area contributed by atoms with Crippen LogP contribution >= 0.6 is 12.4 Å². The molecule has 0 atom stereocenters. The molecule has 0 aromatic rings. The van der Waals surface area contributed by atoms with Gasteiger partial charge in [-0.3, -0.25) is 0 Å². The van der Waals surface area contributed by atoms with Crippen LogP contribution in [0.4, 0.5) is 0 Å². The highest BCUT2D eigenvalue weighted by molar-refractivity contribution is 5.85. The number of unbranched alkanes of at least 4 members (excludes halogenated alkanes) is 12. The Bertz CT molecular complexity index is 147. The van der Waals surface area contributed by atoms with Crippen LogP contribution in [0.3, 0.4) is 0 Å². The number of rotatable bonds is 17. The topological polar surface area (TPSA) is 38.0 Å². The maximum atomic E-state index is 5.46. The van der Waals surface area contributed by atoms with E-state index in [0.717, 1.165) is 19.5 Å². The lowest BCUT2D eigenvalue weighted by Crippen LogP contribution is -2.17. The van der Waals surface area contributed by atoms with Crippen molar-refractivity contribution >= 4 is 12.4 Å². The van der Waals surface area contributed by atoms with Gasteiger partial charge in [-0.1, -0.05) is 77.6 Å². The minimum absolute atomic E-state index is 0. The Labute approximate surface area is 140 Å². The predicted molar refractivity (Wildman–Crippen MR) is 99.5 cm³/mol. The standard InChI is InChI=1S/C18H40N2.ClH/c1-2-3-4-5-6-7-8-9-10-11-12-14-17-20-18-15-13-16-19;/h20H,2-19H2,1H3;1H. The van der Waals surface area contributed by atoms with Crippen LogP contribution in [-0.4, -0.2) is 19.6 Å². The number of halogens is 1. The summed E-state index contributed by atoms with van der Waals surface area (Å²) in [5, 5.41) is 3.50. The predicted octanol–water partition coefficient (Wildman–Crippen LogP) is 5.44. The van der Waals surface area contributed by atoms with Gasteiger partial charge in [-0.05, 0) is 38.9 Å². The Balaban J connectivity index is 0. The van der Waals surface area contributed by atoms with Crippen molar-refractivity contribution in [2.75, 3.05) is 19.6 Å². The van der Waals surface area contributed by atoms with Crippen molar-refractivity contribution < 1.29 is 0 Å². The van der Waals surface area contributed by atoms with Gasteiger partial charge in [0.25, 0.3) is 0 Å². The summed E-state index contributed by atoms with van der Waals surface area (Å²) in [5.41, 5.74) is 5.46. The van der Waals surface area contributed by atoms with Crippen molar-refractivity contribution in [3.05, 3.63) is 0 Å². The van der Waals surface area contributed by atoms with Crippen LogP contribution in [0.1, 0.15) is 96.8 Å². The number of nitrogens with one attached hydrogen (secondary N) is 1. The monoisotopic (exact) mass is 320 g/mol. The highest BCUT2D eigenvalue weighted by atomic mass is 35.5. The van der Waals surface area contributed by atoms with Crippen LogP contribution in [0, 0.1) is 0 Å². The Morgan fingerprint density at radius 1 is 0.571 bits per heavy atom. The van der Waals surface area contributed by atoms with Crippen molar-refractivity contribution in [3.8, 4) is 0 Å². The van der Waals surface area contributed by atoms with Crippen LogP contribution in [0.5, 0.6) is 0 Å². The van der Waals surface area contributed by atoms with Crippen LogP contribution in [0.25, 0.3) is 0 Å². The van der Waals surface area contributed by atoms with Gasteiger partial charge in [-0.2, -0.15) is 0 Å². The molecule has 0 amide bonds. The fourth-order valence-electron chi connectivity index (χ4n) is 2.61. The average molecular weight is 321 g/mol. The molecule has 0 aromatic carbocycles. The van der Waals surface area contributed by atoms with Crippen LogP contribution in [0.2, 0.25) is 0 Å². The zero-order chi connectivity index (χ0) is 14.7. The van der Waals surface area contributed by atoms with E-state index in [-0.39, 0.29) is 12.4 Å². The van der Waals surface area contributed by atoms with Crippen molar-refractivity contribution in [2.45, 2.75) is 96.8 Å². The third kappa shape index (κ3) is 22.6. The lowest BCUT2D eigenvalue weighted by Gasteiger charge is -2.04. The first-order valence-corrected chi connectivity index (χ1v) is 9.32. The molecule has 3 heteroatoms. The molecular formula is C18H41ClN2. The summed E-state index contributed by atoms with van der Waals surface area (Å²) in [5.74, 6) is 0. The smallest absolute Gasteiger partial charge is 0.00484 e. The first-order chi connectivity index (χ1) is 9.91. The second kappa shape index (κ2) is 22.5. The van der Waals surface area contributed by atoms with E-state index in [1.165, 1.54) is 90.0 Å². The summed E-state index contributed by atoms with van der Waals surface area (Å²) in [6.07, 6.45) is 19.6. The van der Waals surface area contributed by atoms with E-state index >= 15 is 0 Å². The summed E-state index contributed by atoms with van der Waals surface area (Å²) in [6.45, 7) is 5.47. The SMILES string of the molecule is CCCCCCCCCCCCCCNCCCCN.Cl. The lowest BCUT2D eigenvalue weighted by atomic mass is 10.1. The van der Waals surface area contributed by atoms with E-state index in [1.54, 1.807) is 0 Å². The van der Waals surface area contributed by atoms with Crippen molar-refractivity contribution in [3.63, 3.8) is 0 Å². The van der Waals surface area contributed by atoms with Gasteiger partial charge in [0.2, 0.25) is 0 Å². The molecule has 0 spiro atoms. The minimum Gasteiger partial charge on any atom is -0.330 e. The van der Waals surface area contributed by atoms with Gasteiger partial charge in [0.1, 0.15) is 0 Å². The molecule has 2 nitrogen and oxygen atoms in total. The third-order valence-corrected chi connectivity index (χ3v) is 4.01. The van der Waals surface area contributed by atoms with E-state index in [9.17, 15) is 0 Å². The van der Waals surface area contributed by atoms with E-state index in [0.29, 0.717) is 0 Å². The van der Waals surface area contributed by atoms with Gasteiger partial charge in [-0.25, -0.2) is 0 Å². The van der Waals surface area contributed by atoms with Crippen molar-refractivity contribution in [2.24, 2.45) is 5.73 Å². The first-order valence-electron chi connectivity index (χ1n) is 9.32. The molecule has 0 bridgehead atoms. The fraction of sp³-hybridized carbons (Fsp3) is 1.00. The van der Waals surface area contributed by atoms with E-state index in [2.05, 4.69) is 12.2 Å². The normalized spacial score (nSPS) is 10.6. The van der Waals surface area contributed by atoms with Gasteiger partial charge >= 0.3 is 0 Å². The highest BCUT2D eigenvalue weighted by Crippen LogP contribution is 2.11. The zero-order valence-corrected chi connectivity index (χ0v) is 15.3. The van der Waals surface area contributed by atoms with Gasteiger partial charge < -0.3 is 11.1 Å². The molecule has 0 rings (SSSR count). The second-order valence-electron chi connectivity index (χ2n) is 6.13. The molecule has 21 heavy (non-hydrogen) atoms. The molecule has 0 saturated carbocycles. The van der Waals surface area contributed by atoms with Gasteiger partial charge in [-0.15, -0.1) is 12.4 Å². The largest absolute Gasteiger partial charge is 0.330 e. The molecule has 130 valence electrons. The molecule has 0 aromatic heterocycles. The Hall–Kier alpha value is 0.210. The molecule has 0 saturated heterocycles. The average Bonchev–Trinajstić information content (AvgIpc) is 2.47. The highest BCUT2D eigenvalue weighted by Gasteiger charge is 1.93. The Kier molecular flexibility index (Phi) is 25.1. The summed E-state index contributed by atoms with van der Waals surface area (Å²) in [6, 6.07) is 0. The fourth-order valence-corrected chi connectivity index (χ4v) is 2.61. The summed E-state index contributed by atoms with van der Waals surface area (Å²) in [7, 11) is 0. The molecule has 0 heterocycles. The maximum Gasteiger partial charge on any atom is -0.00484 e. The molecule has 0 aliphatic rings. The zero-order valence-electron chi connectivity index (χ0n) is 14.5. The Morgan fingerprint density at radius 2 is 0.952 bits per heavy atom. The van der Waals surface area contributed by atoms with Crippen LogP contribution in [-0.2, 0) is 0 Å². The maximum absolute atomic E-state index is 5.46. The van der Waals surface area contributed by atoms with E-state index in [4.69, 9.17) is 5.73 Å². The van der Waals surface area contributed by atoms with E-state index in [1.807, 2.05) is 0 Å². The molecular weight excluding hydrogens is 280 g/mol. The van der Waals surface area contributed by atoms with Gasteiger partial charge in [0, 0.05) is 0 Å². The summed E-state index contributed by atoms with van der Waals surface area (Å²) in [4.78, 5) is 0. The van der Waals surface area contributed by atoms with Gasteiger partial charge in [0.05, 0.1) is 0 Å². The molecule has 0 unspecified atom stereocenters. The van der Waals surface area contributed by atoms with Crippen molar-refractivity contribution in [1.82, 2.24) is 5.32 Å².